The molecule has 1 amide bonds. The van der Waals surface area contributed by atoms with E-state index in [4.69, 9.17) is 20.4 Å². The topological polar surface area (TPSA) is 124 Å². The summed E-state index contributed by atoms with van der Waals surface area (Å²) in [5.74, 6) is 0.0988. The number of methoxy groups -OCH3 is 1. The van der Waals surface area contributed by atoms with Crippen LogP contribution in [0.1, 0.15) is 32.4 Å². The maximum Gasteiger partial charge on any atom is 0.410 e. The third kappa shape index (κ3) is 7.43. The minimum atomic E-state index is -0.589. The lowest BCUT2D eigenvalue weighted by Gasteiger charge is -2.28. The summed E-state index contributed by atoms with van der Waals surface area (Å²) in [6, 6.07) is 6.46. The zero-order valence-electron chi connectivity index (χ0n) is 16.0. The van der Waals surface area contributed by atoms with Gasteiger partial charge in [-0.3, -0.25) is 9.69 Å². The summed E-state index contributed by atoms with van der Waals surface area (Å²) in [7, 11) is 1.26. The van der Waals surface area contributed by atoms with Crippen LogP contribution in [0.4, 0.5) is 4.79 Å². The molecule has 0 fully saturated rings. The fourth-order valence-electron chi connectivity index (χ4n) is 2.09. The van der Waals surface area contributed by atoms with E-state index in [0.717, 1.165) is 5.56 Å². The number of nitrogens with two attached hydrogens (primary N) is 1. The molecular formula is C18H27N3O6. The van der Waals surface area contributed by atoms with Crippen LogP contribution in [0, 0.1) is 5.92 Å². The highest BCUT2D eigenvalue weighted by Crippen LogP contribution is 2.23. The molecule has 0 aliphatic carbocycles. The number of rotatable bonds is 9. The zero-order valence-corrected chi connectivity index (χ0v) is 16.0. The molecule has 9 nitrogen and oxygen atoms in total. The summed E-state index contributed by atoms with van der Waals surface area (Å²) >= 11 is 0. The van der Waals surface area contributed by atoms with Gasteiger partial charge in [-0.2, -0.15) is 0 Å². The predicted octanol–water partition coefficient (Wildman–Crippen LogP) is 2.14. The third-order valence-electron chi connectivity index (χ3n) is 3.65. The van der Waals surface area contributed by atoms with E-state index in [2.05, 4.69) is 9.89 Å². The SMILES string of the molecule is COC(=O)CN(C(=O)OCC(C)C)[C@@H](C)c1ccc(OC/C(N)=N/O)cc1. The van der Waals surface area contributed by atoms with Crippen LogP contribution in [0.25, 0.3) is 0 Å². The normalized spacial score (nSPS) is 12.4. The molecule has 1 aromatic carbocycles. The zero-order chi connectivity index (χ0) is 20.4. The molecule has 150 valence electrons. The van der Waals surface area contributed by atoms with Crippen molar-refractivity contribution < 1.29 is 29.0 Å². The molecule has 3 N–H and O–H groups in total. The number of oxime groups is 1. The number of ether oxygens (including phenoxy) is 3. The maximum absolute atomic E-state index is 12.4. The summed E-state index contributed by atoms with van der Waals surface area (Å²) in [6.45, 7) is 5.61. The molecule has 0 bridgehead atoms. The molecule has 0 saturated heterocycles. The second kappa shape index (κ2) is 10.9. The van der Waals surface area contributed by atoms with E-state index in [1.807, 2.05) is 13.8 Å². The highest BCUT2D eigenvalue weighted by molar-refractivity contribution is 5.81. The Labute approximate surface area is 158 Å². The summed E-state index contributed by atoms with van der Waals surface area (Å²) in [4.78, 5) is 25.4. The summed E-state index contributed by atoms with van der Waals surface area (Å²) < 4.78 is 15.3. The van der Waals surface area contributed by atoms with Crippen molar-refractivity contribution >= 4 is 17.9 Å². The van der Waals surface area contributed by atoms with Gasteiger partial charge in [-0.1, -0.05) is 31.1 Å². The Morgan fingerprint density at radius 2 is 1.85 bits per heavy atom. The van der Waals surface area contributed by atoms with Crippen molar-refractivity contribution in [2.75, 3.05) is 26.9 Å². The van der Waals surface area contributed by atoms with Gasteiger partial charge in [0, 0.05) is 0 Å². The van der Waals surface area contributed by atoms with E-state index >= 15 is 0 Å². The fraction of sp³-hybridized carbons (Fsp3) is 0.500. The molecule has 0 saturated carbocycles. The van der Waals surface area contributed by atoms with Gasteiger partial charge in [-0.25, -0.2) is 4.79 Å². The van der Waals surface area contributed by atoms with Gasteiger partial charge in [0.2, 0.25) is 0 Å². The molecule has 9 heteroatoms. The van der Waals surface area contributed by atoms with Gasteiger partial charge in [-0.15, -0.1) is 0 Å². The molecule has 0 spiro atoms. The largest absolute Gasteiger partial charge is 0.486 e. The first-order valence-corrected chi connectivity index (χ1v) is 8.47. The van der Waals surface area contributed by atoms with Gasteiger partial charge < -0.3 is 25.2 Å². The number of amides is 1. The molecule has 1 rings (SSSR count). The summed E-state index contributed by atoms with van der Waals surface area (Å²) in [5, 5.41) is 11.3. The van der Waals surface area contributed by atoms with Crippen molar-refractivity contribution in [2.45, 2.75) is 26.8 Å². The van der Waals surface area contributed by atoms with Crippen molar-refractivity contribution in [3.05, 3.63) is 29.8 Å². The quantitative estimate of drug-likeness (QED) is 0.221. The molecule has 1 atom stereocenters. The first kappa shape index (κ1) is 22.1. The Morgan fingerprint density at radius 1 is 1.22 bits per heavy atom. The van der Waals surface area contributed by atoms with Crippen LogP contribution in [0.2, 0.25) is 0 Å². The lowest BCUT2D eigenvalue weighted by molar-refractivity contribution is -0.142. The minimum absolute atomic E-state index is 0.0513. The van der Waals surface area contributed by atoms with Crippen molar-refractivity contribution in [3.8, 4) is 5.75 Å². The number of hydrogen-bond donors (Lipinski definition) is 2. The van der Waals surface area contributed by atoms with Crippen LogP contribution in [-0.4, -0.2) is 54.9 Å². The Hall–Kier alpha value is -2.97. The maximum atomic E-state index is 12.4. The van der Waals surface area contributed by atoms with Crippen molar-refractivity contribution in [2.24, 2.45) is 16.8 Å². The van der Waals surface area contributed by atoms with Crippen LogP contribution in [0.5, 0.6) is 5.75 Å². The molecule has 27 heavy (non-hydrogen) atoms. The first-order valence-electron chi connectivity index (χ1n) is 8.47. The Morgan fingerprint density at radius 3 is 2.37 bits per heavy atom. The van der Waals surface area contributed by atoms with Gasteiger partial charge in [0.1, 0.15) is 18.9 Å². The van der Waals surface area contributed by atoms with Crippen LogP contribution in [0.3, 0.4) is 0 Å². The highest BCUT2D eigenvalue weighted by atomic mass is 16.6. The number of carbonyl (C=O) groups is 2. The van der Waals surface area contributed by atoms with E-state index in [9.17, 15) is 9.59 Å². The number of esters is 1. The van der Waals surface area contributed by atoms with E-state index in [-0.39, 0.29) is 31.5 Å². The molecule has 0 radical (unpaired) electrons. The fourth-order valence-corrected chi connectivity index (χ4v) is 2.09. The predicted molar refractivity (Wildman–Crippen MR) is 98.7 cm³/mol. The molecule has 0 aliphatic heterocycles. The molecule has 0 aliphatic rings. The smallest absolute Gasteiger partial charge is 0.410 e. The van der Waals surface area contributed by atoms with Crippen LogP contribution < -0.4 is 10.5 Å². The average molecular weight is 381 g/mol. The van der Waals surface area contributed by atoms with Gasteiger partial charge in [0.05, 0.1) is 19.8 Å². The molecule has 0 unspecified atom stereocenters. The number of nitrogens with zero attached hydrogens (tertiary/aromatic N) is 2. The molecule has 0 heterocycles. The number of carbonyl (C=O) groups excluding carboxylic acids is 2. The van der Waals surface area contributed by atoms with E-state index in [0.29, 0.717) is 5.75 Å². The molecule has 0 aromatic heterocycles. The lowest BCUT2D eigenvalue weighted by Crippen LogP contribution is -2.39. The van der Waals surface area contributed by atoms with E-state index in [1.165, 1.54) is 12.0 Å². The number of amidine groups is 1. The summed E-state index contributed by atoms with van der Waals surface area (Å²) in [6.07, 6.45) is -0.589. The number of benzene rings is 1. The lowest BCUT2D eigenvalue weighted by atomic mass is 10.1. The minimum Gasteiger partial charge on any atom is -0.486 e. The van der Waals surface area contributed by atoms with Gasteiger partial charge in [0.15, 0.2) is 5.84 Å². The van der Waals surface area contributed by atoms with Crippen molar-refractivity contribution in [1.82, 2.24) is 4.90 Å². The van der Waals surface area contributed by atoms with Crippen LogP contribution in [0.15, 0.2) is 29.4 Å². The molecule has 1 aromatic rings. The number of hydrogen-bond acceptors (Lipinski definition) is 7. The second-order valence-corrected chi connectivity index (χ2v) is 6.30. The van der Waals surface area contributed by atoms with E-state index in [1.54, 1.807) is 31.2 Å². The van der Waals surface area contributed by atoms with Crippen LogP contribution in [-0.2, 0) is 14.3 Å². The standard InChI is InChI=1S/C18H27N3O6/c1-12(2)10-27-18(23)21(9-17(22)25-4)13(3)14-5-7-15(8-6-14)26-11-16(19)20-24/h5-8,12-13,24H,9-11H2,1-4H3,(H2,19,20)/t13-/m0/s1. The van der Waals surface area contributed by atoms with Crippen molar-refractivity contribution in [3.63, 3.8) is 0 Å². The van der Waals surface area contributed by atoms with Gasteiger partial charge >= 0.3 is 12.1 Å². The second-order valence-electron chi connectivity index (χ2n) is 6.30. The van der Waals surface area contributed by atoms with Crippen LogP contribution >= 0.6 is 0 Å². The molecular weight excluding hydrogens is 354 g/mol. The monoisotopic (exact) mass is 381 g/mol. The van der Waals surface area contributed by atoms with Gasteiger partial charge in [-0.05, 0) is 30.5 Å². The summed E-state index contributed by atoms with van der Waals surface area (Å²) in [5.41, 5.74) is 6.13. The third-order valence-corrected chi connectivity index (χ3v) is 3.65. The van der Waals surface area contributed by atoms with E-state index < -0.39 is 18.1 Å². The highest BCUT2D eigenvalue weighted by Gasteiger charge is 2.26. The Kier molecular flexibility index (Phi) is 8.91. The van der Waals surface area contributed by atoms with Crippen molar-refractivity contribution in [1.29, 1.82) is 0 Å². The Balaban J connectivity index is 2.88. The first-order chi connectivity index (χ1) is 12.8. The van der Waals surface area contributed by atoms with Gasteiger partial charge in [0.25, 0.3) is 0 Å². The Bertz CT molecular complexity index is 645. The average Bonchev–Trinajstić information content (AvgIpc) is 2.67.